The monoisotopic (exact) mass is 345 g/mol. The third-order valence-corrected chi connectivity index (χ3v) is 4.03. The van der Waals surface area contributed by atoms with Crippen LogP contribution in [0.25, 0.3) is 0 Å². The van der Waals surface area contributed by atoms with Gasteiger partial charge in [-0.2, -0.15) is 0 Å². The third-order valence-electron chi connectivity index (χ3n) is 4.03. The van der Waals surface area contributed by atoms with Crippen LogP contribution in [-0.2, 0) is 4.79 Å². The number of furan rings is 1. The van der Waals surface area contributed by atoms with Crippen LogP contribution in [0.5, 0.6) is 5.75 Å². The number of nitrogens with one attached hydrogen (secondary N) is 2. The molecule has 2 N–H and O–H groups in total. The van der Waals surface area contributed by atoms with Gasteiger partial charge in [0.1, 0.15) is 11.5 Å². The van der Waals surface area contributed by atoms with E-state index < -0.39 is 0 Å². The molecule has 2 atom stereocenters. The lowest BCUT2D eigenvalue weighted by atomic mass is 10.1. The summed E-state index contributed by atoms with van der Waals surface area (Å²) < 4.78 is 10.8. The maximum atomic E-state index is 12.3. The molecule has 0 spiro atoms. The lowest BCUT2D eigenvalue weighted by Gasteiger charge is -2.24. The minimum atomic E-state index is -0.0519. The van der Waals surface area contributed by atoms with Crippen LogP contribution >= 0.6 is 0 Å². The van der Waals surface area contributed by atoms with E-state index in [0.717, 1.165) is 5.76 Å². The van der Waals surface area contributed by atoms with Gasteiger partial charge in [0.2, 0.25) is 5.91 Å². The van der Waals surface area contributed by atoms with Crippen molar-refractivity contribution < 1.29 is 13.9 Å². The largest absolute Gasteiger partial charge is 0.495 e. The fourth-order valence-electron chi connectivity index (χ4n) is 2.63. The molecular weight excluding hydrogens is 318 g/mol. The normalized spacial score (nSPS) is 13.5. The number of nitrogens with zero attached hydrogens (tertiary/aromatic N) is 1. The van der Waals surface area contributed by atoms with Gasteiger partial charge in [-0.05, 0) is 45.3 Å². The second-order valence-electron chi connectivity index (χ2n) is 6.26. The van der Waals surface area contributed by atoms with E-state index in [9.17, 15) is 4.79 Å². The van der Waals surface area contributed by atoms with Gasteiger partial charge in [0.25, 0.3) is 0 Å². The number of para-hydroxylation sites is 2. The average Bonchev–Trinajstić information content (AvgIpc) is 3.09. The Labute approximate surface area is 149 Å². The number of anilines is 1. The number of amides is 1. The Morgan fingerprint density at radius 2 is 2.00 bits per heavy atom. The van der Waals surface area contributed by atoms with E-state index in [1.54, 1.807) is 13.4 Å². The van der Waals surface area contributed by atoms with Gasteiger partial charge >= 0.3 is 0 Å². The van der Waals surface area contributed by atoms with Crippen molar-refractivity contribution in [3.8, 4) is 5.75 Å². The summed E-state index contributed by atoms with van der Waals surface area (Å²) in [6.07, 6.45) is 2.05. The highest BCUT2D eigenvalue weighted by Crippen LogP contribution is 2.23. The summed E-state index contributed by atoms with van der Waals surface area (Å²) in [5.41, 5.74) is 0.684. The first-order chi connectivity index (χ1) is 12.0. The zero-order valence-electron chi connectivity index (χ0n) is 15.3. The van der Waals surface area contributed by atoms with Crippen LogP contribution < -0.4 is 15.4 Å². The standard InChI is InChI=1S/C19H27N3O3/c1-14(20-13-16(22(2)3)18-10-7-11-25-18)12-19(23)21-15-8-5-6-9-17(15)24-4/h5-11,14,16,20H,12-13H2,1-4H3,(H,21,23)/t14-,16-/m1/s1. The van der Waals surface area contributed by atoms with E-state index in [-0.39, 0.29) is 18.0 Å². The molecule has 1 amide bonds. The number of benzene rings is 1. The first kappa shape index (κ1) is 19.0. The van der Waals surface area contributed by atoms with E-state index in [2.05, 4.69) is 15.5 Å². The average molecular weight is 345 g/mol. The summed E-state index contributed by atoms with van der Waals surface area (Å²) in [7, 11) is 5.60. The predicted octanol–water partition coefficient (Wildman–Crippen LogP) is 2.90. The first-order valence-corrected chi connectivity index (χ1v) is 8.37. The van der Waals surface area contributed by atoms with Crippen LogP contribution in [0.3, 0.4) is 0 Å². The van der Waals surface area contributed by atoms with Crippen LogP contribution in [0, 0.1) is 0 Å². The van der Waals surface area contributed by atoms with E-state index in [1.807, 2.05) is 57.4 Å². The summed E-state index contributed by atoms with van der Waals surface area (Å²) >= 11 is 0. The fourth-order valence-corrected chi connectivity index (χ4v) is 2.63. The van der Waals surface area contributed by atoms with Crippen molar-refractivity contribution in [3.63, 3.8) is 0 Å². The summed E-state index contributed by atoms with van der Waals surface area (Å²) in [6, 6.07) is 11.4. The lowest BCUT2D eigenvalue weighted by molar-refractivity contribution is -0.116. The number of methoxy groups -OCH3 is 1. The number of hydrogen-bond donors (Lipinski definition) is 2. The van der Waals surface area contributed by atoms with Gasteiger partial charge in [0.05, 0.1) is 25.1 Å². The Balaban J connectivity index is 1.84. The molecule has 2 rings (SSSR count). The van der Waals surface area contributed by atoms with Crippen molar-refractivity contribution in [2.24, 2.45) is 0 Å². The summed E-state index contributed by atoms with van der Waals surface area (Å²) in [6.45, 7) is 2.69. The van der Waals surface area contributed by atoms with Gasteiger partial charge in [0, 0.05) is 19.0 Å². The summed E-state index contributed by atoms with van der Waals surface area (Å²) in [5, 5.41) is 6.30. The van der Waals surface area contributed by atoms with Crippen LogP contribution in [0.15, 0.2) is 47.1 Å². The Bertz CT molecular complexity index is 656. The van der Waals surface area contributed by atoms with E-state index in [0.29, 0.717) is 24.4 Å². The number of carbonyl (C=O) groups is 1. The Hall–Kier alpha value is -2.31. The van der Waals surface area contributed by atoms with Crippen molar-refractivity contribution in [1.82, 2.24) is 10.2 Å². The molecule has 6 nitrogen and oxygen atoms in total. The predicted molar refractivity (Wildman–Crippen MR) is 98.8 cm³/mol. The number of ether oxygens (including phenoxy) is 1. The van der Waals surface area contributed by atoms with Gasteiger partial charge in [-0.3, -0.25) is 9.69 Å². The van der Waals surface area contributed by atoms with Crippen LogP contribution in [-0.4, -0.2) is 44.6 Å². The molecule has 1 aromatic carbocycles. The minimum absolute atomic E-state index is 0.0344. The highest BCUT2D eigenvalue weighted by atomic mass is 16.5. The second kappa shape index (κ2) is 9.25. The van der Waals surface area contributed by atoms with E-state index in [1.165, 1.54) is 0 Å². The van der Waals surface area contributed by atoms with Gasteiger partial charge in [0.15, 0.2) is 0 Å². The van der Waals surface area contributed by atoms with Crippen LogP contribution in [0.2, 0.25) is 0 Å². The number of hydrogen-bond acceptors (Lipinski definition) is 5. The molecule has 0 saturated carbocycles. The molecule has 6 heteroatoms. The molecule has 25 heavy (non-hydrogen) atoms. The maximum Gasteiger partial charge on any atom is 0.226 e. The van der Waals surface area contributed by atoms with Crippen LogP contribution in [0.1, 0.15) is 25.1 Å². The Morgan fingerprint density at radius 1 is 1.24 bits per heavy atom. The molecule has 1 aromatic heterocycles. The van der Waals surface area contributed by atoms with Crippen molar-refractivity contribution in [2.45, 2.75) is 25.4 Å². The molecule has 0 bridgehead atoms. The van der Waals surface area contributed by atoms with E-state index in [4.69, 9.17) is 9.15 Å². The summed E-state index contributed by atoms with van der Waals surface area (Å²) in [5.74, 6) is 1.51. The zero-order chi connectivity index (χ0) is 18.2. The number of rotatable bonds is 9. The SMILES string of the molecule is COc1ccccc1NC(=O)C[C@@H](C)NC[C@H](c1ccco1)N(C)C. The Kier molecular flexibility index (Phi) is 7.03. The maximum absolute atomic E-state index is 12.3. The molecule has 0 aliphatic rings. The molecule has 0 radical (unpaired) electrons. The van der Waals surface area contributed by atoms with Gasteiger partial charge in [-0.15, -0.1) is 0 Å². The quantitative estimate of drug-likeness (QED) is 0.731. The van der Waals surface area contributed by atoms with Gasteiger partial charge < -0.3 is 19.8 Å². The molecule has 0 unspecified atom stereocenters. The molecule has 136 valence electrons. The van der Waals surface area contributed by atoms with Gasteiger partial charge in [-0.25, -0.2) is 0 Å². The third kappa shape index (κ3) is 5.62. The fraction of sp³-hybridized carbons (Fsp3) is 0.421. The second-order valence-corrected chi connectivity index (χ2v) is 6.26. The van der Waals surface area contributed by atoms with Crippen LogP contribution in [0.4, 0.5) is 5.69 Å². The molecule has 0 aliphatic heterocycles. The molecule has 0 saturated heterocycles. The smallest absolute Gasteiger partial charge is 0.226 e. The lowest BCUT2D eigenvalue weighted by Crippen LogP contribution is -2.37. The van der Waals surface area contributed by atoms with Crippen molar-refractivity contribution in [2.75, 3.05) is 33.1 Å². The zero-order valence-corrected chi connectivity index (χ0v) is 15.3. The van der Waals surface area contributed by atoms with Crippen molar-refractivity contribution in [3.05, 3.63) is 48.4 Å². The van der Waals surface area contributed by atoms with Crippen molar-refractivity contribution in [1.29, 1.82) is 0 Å². The van der Waals surface area contributed by atoms with Gasteiger partial charge in [-0.1, -0.05) is 12.1 Å². The molecule has 0 fully saturated rings. The summed E-state index contributed by atoms with van der Waals surface area (Å²) in [4.78, 5) is 14.4. The minimum Gasteiger partial charge on any atom is -0.495 e. The number of likely N-dealkylation sites (N-methyl/N-ethyl adjacent to an activating group) is 1. The highest BCUT2D eigenvalue weighted by molar-refractivity contribution is 5.92. The Morgan fingerprint density at radius 3 is 2.64 bits per heavy atom. The molecule has 0 aliphatic carbocycles. The topological polar surface area (TPSA) is 66.7 Å². The molecular formula is C19H27N3O3. The highest BCUT2D eigenvalue weighted by Gasteiger charge is 2.18. The van der Waals surface area contributed by atoms with Crippen molar-refractivity contribution >= 4 is 11.6 Å². The first-order valence-electron chi connectivity index (χ1n) is 8.37. The molecule has 2 aromatic rings. The number of carbonyl (C=O) groups excluding carboxylic acids is 1. The van der Waals surface area contributed by atoms with E-state index >= 15 is 0 Å². The molecule has 1 heterocycles.